The first-order chi connectivity index (χ1) is 14.3. The standard InChI is InChI=1S/C20H24N4O5S/c1-12(2)29-19-14(7-6-8-18(19)30(25,26)21-3)24-20-13-9-16(27-4)17(28-5)10-15(13)22-11-23-20/h6-12,21H,1-5H3,(H,22,23,24). The van der Waals surface area contributed by atoms with Crippen LogP contribution in [0, 0.1) is 0 Å². The van der Waals surface area contributed by atoms with E-state index in [1.165, 1.54) is 19.4 Å². The van der Waals surface area contributed by atoms with Crippen molar-refractivity contribution in [2.75, 3.05) is 26.6 Å². The van der Waals surface area contributed by atoms with E-state index in [0.29, 0.717) is 33.9 Å². The minimum atomic E-state index is -3.74. The molecule has 0 aliphatic heterocycles. The molecule has 0 saturated heterocycles. The van der Waals surface area contributed by atoms with Gasteiger partial charge in [-0.2, -0.15) is 0 Å². The van der Waals surface area contributed by atoms with Gasteiger partial charge in [-0.15, -0.1) is 0 Å². The van der Waals surface area contributed by atoms with Crippen LogP contribution in [-0.2, 0) is 10.0 Å². The van der Waals surface area contributed by atoms with Crippen LogP contribution in [0.5, 0.6) is 17.2 Å². The van der Waals surface area contributed by atoms with Crippen molar-refractivity contribution in [3.05, 3.63) is 36.7 Å². The van der Waals surface area contributed by atoms with Crippen molar-refractivity contribution in [1.82, 2.24) is 14.7 Å². The molecule has 1 heterocycles. The van der Waals surface area contributed by atoms with E-state index in [1.54, 1.807) is 38.5 Å². The lowest BCUT2D eigenvalue weighted by molar-refractivity contribution is 0.237. The fourth-order valence-electron chi connectivity index (χ4n) is 2.90. The third kappa shape index (κ3) is 4.24. The van der Waals surface area contributed by atoms with Crippen LogP contribution in [0.3, 0.4) is 0 Å². The van der Waals surface area contributed by atoms with Gasteiger partial charge in [-0.05, 0) is 39.1 Å². The monoisotopic (exact) mass is 432 g/mol. The minimum absolute atomic E-state index is 0.0290. The zero-order chi connectivity index (χ0) is 21.9. The second-order valence-corrected chi connectivity index (χ2v) is 8.43. The molecule has 0 amide bonds. The molecule has 0 radical (unpaired) electrons. The molecule has 0 aliphatic carbocycles. The summed E-state index contributed by atoms with van der Waals surface area (Å²) in [7, 11) is 0.709. The molecule has 0 aliphatic rings. The van der Waals surface area contributed by atoms with E-state index >= 15 is 0 Å². The highest BCUT2D eigenvalue weighted by Gasteiger charge is 2.22. The van der Waals surface area contributed by atoms with Crippen LogP contribution in [0.2, 0.25) is 0 Å². The van der Waals surface area contributed by atoms with Crippen molar-refractivity contribution < 1.29 is 22.6 Å². The van der Waals surface area contributed by atoms with E-state index in [1.807, 2.05) is 13.8 Å². The molecular formula is C20H24N4O5S. The Morgan fingerprint density at radius 3 is 2.37 bits per heavy atom. The van der Waals surface area contributed by atoms with E-state index < -0.39 is 10.0 Å². The van der Waals surface area contributed by atoms with Crippen LogP contribution >= 0.6 is 0 Å². The number of hydrogen-bond acceptors (Lipinski definition) is 8. The van der Waals surface area contributed by atoms with Gasteiger partial charge in [0.15, 0.2) is 17.2 Å². The van der Waals surface area contributed by atoms with Gasteiger partial charge in [0, 0.05) is 11.5 Å². The lowest BCUT2D eigenvalue weighted by Crippen LogP contribution is -2.21. The molecule has 2 aromatic carbocycles. The van der Waals surface area contributed by atoms with Crippen molar-refractivity contribution in [3.8, 4) is 17.2 Å². The molecule has 9 nitrogen and oxygen atoms in total. The Balaban J connectivity index is 2.17. The van der Waals surface area contributed by atoms with Gasteiger partial charge in [-0.3, -0.25) is 0 Å². The molecule has 30 heavy (non-hydrogen) atoms. The summed E-state index contributed by atoms with van der Waals surface area (Å²) < 4.78 is 43.9. The predicted molar refractivity (Wildman–Crippen MR) is 114 cm³/mol. The van der Waals surface area contributed by atoms with Gasteiger partial charge in [0.1, 0.15) is 17.0 Å². The van der Waals surface area contributed by atoms with Crippen LogP contribution in [-0.4, -0.2) is 45.8 Å². The number of benzene rings is 2. The highest BCUT2D eigenvalue weighted by atomic mass is 32.2. The molecule has 1 aromatic heterocycles. The molecule has 0 unspecified atom stereocenters. The second kappa shape index (κ2) is 8.72. The molecular weight excluding hydrogens is 408 g/mol. The average molecular weight is 433 g/mol. The number of nitrogens with one attached hydrogen (secondary N) is 2. The van der Waals surface area contributed by atoms with E-state index in [9.17, 15) is 8.42 Å². The van der Waals surface area contributed by atoms with Crippen LogP contribution in [0.4, 0.5) is 11.5 Å². The van der Waals surface area contributed by atoms with Gasteiger partial charge in [0.2, 0.25) is 10.0 Å². The number of methoxy groups -OCH3 is 2. The summed E-state index contributed by atoms with van der Waals surface area (Å²) in [4.78, 5) is 8.64. The first-order valence-electron chi connectivity index (χ1n) is 9.17. The first kappa shape index (κ1) is 21.6. The van der Waals surface area contributed by atoms with Crippen LogP contribution in [0.15, 0.2) is 41.6 Å². The predicted octanol–water partition coefficient (Wildman–Crippen LogP) is 3.09. The van der Waals surface area contributed by atoms with E-state index in [4.69, 9.17) is 14.2 Å². The van der Waals surface area contributed by atoms with Crippen molar-refractivity contribution in [3.63, 3.8) is 0 Å². The maximum absolute atomic E-state index is 12.5. The zero-order valence-electron chi connectivity index (χ0n) is 17.4. The summed E-state index contributed by atoms with van der Waals surface area (Å²) in [5.41, 5.74) is 1.09. The molecule has 10 heteroatoms. The highest BCUT2D eigenvalue weighted by molar-refractivity contribution is 7.89. The SMILES string of the molecule is CNS(=O)(=O)c1cccc(Nc2ncnc3cc(OC)c(OC)cc23)c1OC(C)C. The summed E-state index contributed by atoms with van der Waals surface area (Å²) >= 11 is 0. The van der Waals surface area contributed by atoms with Crippen LogP contribution in [0.25, 0.3) is 10.9 Å². The Morgan fingerprint density at radius 1 is 1.03 bits per heavy atom. The van der Waals surface area contributed by atoms with Crippen LogP contribution < -0.4 is 24.2 Å². The summed E-state index contributed by atoms with van der Waals surface area (Å²) in [5, 5.41) is 3.86. The lowest BCUT2D eigenvalue weighted by atomic mass is 10.2. The maximum atomic E-state index is 12.5. The summed E-state index contributed by atoms with van der Waals surface area (Å²) in [6.07, 6.45) is 1.17. The number of anilines is 2. The quantitative estimate of drug-likeness (QED) is 0.559. The highest BCUT2D eigenvalue weighted by Crippen LogP contribution is 2.38. The molecule has 2 N–H and O–H groups in total. The number of aromatic nitrogens is 2. The molecule has 0 fully saturated rings. The average Bonchev–Trinajstić information content (AvgIpc) is 2.73. The number of rotatable bonds is 8. The number of sulfonamides is 1. The zero-order valence-corrected chi connectivity index (χ0v) is 18.2. The Hall–Kier alpha value is -3.11. The van der Waals surface area contributed by atoms with Gasteiger partial charge in [-0.25, -0.2) is 23.1 Å². The van der Waals surface area contributed by atoms with Crippen molar-refractivity contribution >= 4 is 32.4 Å². The number of fused-ring (bicyclic) bond motifs is 1. The summed E-state index contributed by atoms with van der Waals surface area (Å²) in [6.45, 7) is 3.65. The van der Waals surface area contributed by atoms with Gasteiger partial charge in [-0.1, -0.05) is 6.07 Å². The van der Waals surface area contributed by atoms with Crippen molar-refractivity contribution in [2.24, 2.45) is 0 Å². The molecule has 0 atom stereocenters. The third-order valence-corrected chi connectivity index (χ3v) is 5.72. The van der Waals surface area contributed by atoms with E-state index in [2.05, 4.69) is 20.0 Å². The second-order valence-electron chi connectivity index (χ2n) is 6.58. The number of ether oxygens (including phenoxy) is 3. The largest absolute Gasteiger partial charge is 0.493 e. The van der Waals surface area contributed by atoms with Crippen LogP contribution in [0.1, 0.15) is 13.8 Å². The molecule has 160 valence electrons. The van der Waals surface area contributed by atoms with E-state index in [-0.39, 0.29) is 16.7 Å². The fraction of sp³-hybridized carbons (Fsp3) is 0.300. The number of para-hydroxylation sites is 1. The van der Waals surface area contributed by atoms with Crippen molar-refractivity contribution in [2.45, 2.75) is 24.8 Å². The third-order valence-electron chi connectivity index (χ3n) is 4.28. The fourth-order valence-corrected chi connectivity index (χ4v) is 3.78. The molecule has 0 spiro atoms. The van der Waals surface area contributed by atoms with Gasteiger partial charge in [0.25, 0.3) is 0 Å². The molecule has 0 saturated carbocycles. The molecule has 0 bridgehead atoms. The topological polar surface area (TPSA) is 112 Å². The Bertz CT molecular complexity index is 1170. The first-order valence-corrected chi connectivity index (χ1v) is 10.7. The summed E-state index contributed by atoms with van der Waals surface area (Å²) in [6, 6.07) is 8.34. The molecule has 3 rings (SSSR count). The van der Waals surface area contributed by atoms with Crippen molar-refractivity contribution in [1.29, 1.82) is 0 Å². The maximum Gasteiger partial charge on any atom is 0.244 e. The van der Waals surface area contributed by atoms with Gasteiger partial charge < -0.3 is 19.5 Å². The van der Waals surface area contributed by atoms with Gasteiger partial charge in [0.05, 0.1) is 31.5 Å². The Kier molecular flexibility index (Phi) is 6.28. The number of hydrogen-bond donors (Lipinski definition) is 2. The smallest absolute Gasteiger partial charge is 0.244 e. The lowest BCUT2D eigenvalue weighted by Gasteiger charge is -2.19. The molecule has 3 aromatic rings. The Morgan fingerprint density at radius 2 is 1.73 bits per heavy atom. The normalized spacial score (nSPS) is 11.5. The number of nitrogens with zero attached hydrogens (tertiary/aromatic N) is 2. The minimum Gasteiger partial charge on any atom is -0.493 e. The van der Waals surface area contributed by atoms with Gasteiger partial charge >= 0.3 is 0 Å². The van der Waals surface area contributed by atoms with E-state index in [0.717, 1.165) is 0 Å². The summed E-state index contributed by atoms with van der Waals surface area (Å²) in [5.74, 6) is 1.73. The Labute approximate surface area is 175 Å².